The van der Waals surface area contributed by atoms with Gasteiger partial charge in [0.15, 0.2) is 0 Å². The van der Waals surface area contributed by atoms with Gasteiger partial charge in [0.05, 0.1) is 0 Å². The molecule has 3 nitrogen and oxygen atoms in total. The number of hydrogen-bond donors (Lipinski definition) is 0. The molecular formula is C20H28ClN3. The highest BCUT2D eigenvalue weighted by atomic mass is 35.5. The zero-order chi connectivity index (χ0) is 16.9. The third kappa shape index (κ3) is 2.77. The Morgan fingerprint density at radius 2 is 2.00 bits per heavy atom. The molecule has 0 radical (unpaired) electrons. The molecule has 24 heavy (non-hydrogen) atoms. The number of fused-ring (bicyclic) bond motifs is 3. The number of likely N-dealkylation sites (N-methyl/N-ethyl adjacent to an activating group) is 1. The Bertz CT molecular complexity index is 762. The molecule has 0 N–H and O–H groups in total. The fourth-order valence-electron chi connectivity index (χ4n) is 4.61. The molecular weight excluding hydrogens is 318 g/mol. The molecule has 4 rings (SSSR count). The van der Waals surface area contributed by atoms with Gasteiger partial charge in [-0.05, 0) is 64.0 Å². The number of rotatable bonds is 3. The average molecular weight is 346 g/mol. The molecule has 2 aromatic rings. The maximum atomic E-state index is 6.29. The highest BCUT2D eigenvalue weighted by Gasteiger charge is 2.31. The predicted octanol–water partition coefficient (Wildman–Crippen LogP) is 4.16. The fourth-order valence-corrected chi connectivity index (χ4v) is 4.78. The smallest absolute Gasteiger partial charge is 0.0487 e. The number of likely N-dealkylation sites (tertiary alicyclic amines) is 1. The van der Waals surface area contributed by atoms with Crippen molar-refractivity contribution in [2.75, 3.05) is 26.7 Å². The molecule has 1 aromatic carbocycles. The van der Waals surface area contributed by atoms with Crippen LogP contribution in [0.4, 0.5) is 0 Å². The Morgan fingerprint density at radius 3 is 2.75 bits per heavy atom. The van der Waals surface area contributed by atoms with Gasteiger partial charge in [-0.25, -0.2) is 0 Å². The lowest BCUT2D eigenvalue weighted by Gasteiger charge is -2.32. The van der Waals surface area contributed by atoms with Crippen molar-refractivity contribution in [3.05, 3.63) is 34.5 Å². The maximum absolute atomic E-state index is 6.29. The highest BCUT2D eigenvalue weighted by Crippen LogP contribution is 2.33. The minimum absolute atomic E-state index is 0.354. The molecule has 2 aliphatic heterocycles. The van der Waals surface area contributed by atoms with Gasteiger partial charge >= 0.3 is 0 Å². The van der Waals surface area contributed by atoms with Crippen molar-refractivity contribution in [2.24, 2.45) is 0 Å². The predicted molar refractivity (Wildman–Crippen MR) is 102 cm³/mol. The van der Waals surface area contributed by atoms with Crippen molar-refractivity contribution in [3.8, 4) is 0 Å². The Morgan fingerprint density at radius 1 is 1.17 bits per heavy atom. The summed E-state index contributed by atoms with van der Waals surface area (Å²) in [5.41, 5.74) is 4.73. The van der Waals surface area contributed by atoms with Gasteiger partial charge in [0.2, 0.25) is 0 Å². The van der Waals surface area contributed by atoms with E-state index in [0.717, 1.165) is 37.6 Å². The number of aromatic nitrogens is 1. The fraction of sp³-hybridized carbons (Fsp3) is 0.600. The Kier molecular flexibility index (Phi) is 4.14. The van der Waals surface area contributed by atoms with Crippen LogP contribution in [-0.4, -0.2) is 46.6 Å². The van der Waals surface area contributed by atoms with Crippen LogP contribution in [0, 0.1) is 0 Å². The molecule has 0 saturated carbocycles. The van der Waals surface area contributed by atoms with Gasteiger partial charge in [0.1, 0.15) is 0 Å². The van der Waals surface area contributed by atoms with Crippen molar-refractivity contribution in [1.82, 2.24) is 14.4 Å². The van der Waals surface area contributed by atoms with Crippen molar-refractivity contribution in [3.63, 3.8) is 0 Å². The summed E-state index contributed by atoms with van der Waals surface area (Å²) >= 11 is 6.29. The van der Waals surface area contributed by atoms with E-state index in [-0.39, 0.29) is 0 Å². The van der Waals surface area contributed by atoms with Gasteiger partial charge < -0.3 is 9.47 Å². The molecule has 0 unspecified atom stereocenters. The van der Waals surface area contributed by atoms with Gasteiger partial charge in [-0.3, -0.25) is 4.90 Å². The SMILES string of the molecule is CN1CCc2c(c3cc(Cl)ccc3n2CCN2CCCC2(C)C)C1. The zero-order valence-electron chi connectivity index (χ0n) is 15.1. The Labute approximate surface area is 150 Å². The molecule has 0 spiro atoms. The van der Waals surface area contributed by atoms with E-state index in [1.54, 1.807) is 0 Å². The van der Waals surface area contributed by atoms with Crippen molar-refractivity contribution in [2.45, 2.75) is 51.7 Å². The molecule has 0 atom stereocenters. The number of halogens is 1. The minimum atomic E-state index is 0.354. The molecule has 4 heteroatoms. The lowest BCUT2D eigenvalue weighted by molar-refractivity contribution is 0.168. The van der Waals surface area contributed by atoms with Gasteiger partial charge in [-0.2, -0.15) is 0 Å². The summed E-state index contributed by atoms with van der Waals surface area (Å²) in [6.07, 6.45) is 3.79. The van der Waals surface area contributed by atoms with E-state index in [1.165, 1.54) is 41.5 Å². The van der Waals surface area contributed by atoms with E-state index < -0.39 is 0 Å². The first-order valence-corrected chi connectivity index (χ1v) is 9.56. The number of nitrogens with zero attached hydrogens (tertiary/aromatic N) is 3. The van der Waals surface area contributed by atoms with Crippen LogP contribution in [0.2, 0.25) is 5.02 Å². The van der Waals surface area contributed by atoms with Crippen LogP contribution in [0.5, 0.6) is 0 Å². The molecule has 0 bridgehead atoms. The van der Waals surface area contributed by atoms with E-state index in [1.807, 2.05) is 6.07 Å². The topological polar surface area (TPSA) is 11.4 Å². The lowest BCUT2D eigenvalue weighted by Crippen LogP contribution is -2.40. The molecule has 0 amide bonds. The van der Waals surface area contributed by atoms with E-state index >= 15 is 0 Å². The Balaban J connectivity index is 1.70. The molecule has 0 aliphatic carbocycles. The normalized spacial score (nSPS) is 21.5. The first-order valence-electron chi connectivity index (χ1n) is 9.19. The summed E-state index contributed by atoms with van der Waals surface area (Å²) < 4.78 is 2.57. The molecule has 2 aliphatic rings. The second-order valence-corrected chi connectivity index (χ2v) is 8.57. The van der Waals surface area contributed by atoms with E-state index in [4.69, 9.17) is 11.6 Å². The van der Waals surface area contributed by atoms with Crippen molar-refractivity contribution in [1.29, 1.82) is 0 Å². The molecule has 1 aromatic heterocycles. The van der Waals surface area contributed by atoms with Crippen LogP contribution in [0.1, 0.15) is 37.9 Å². The average Bonchev–Trinajstić information content (AvgIpc) is 3.02. The molecule has 1 fully saturated rings. The highest BCUT2D eigenvalue weighted by molar-refractivity contribution is 6.31. The van der Waals surface area contributed by atoms with Crippen LogP contribution < -0.4 is 0 Å². The molecule has 1 saturated heterocycles. The number of hydrogen-bond acceptors (Lipinski definition) is 2. The van der Waals surface area contributed by atoms with Crippen LogP contribution >= 0.6 is 11.6 Å². The van der Waals surface area contributed by atoms with E-state index in [0.29, 0.717) is 5.54 Å². The summed E-state index contributed by atoms with van der Waals surface area (Å²) in [7, 11) is 2.21. The van der Waals surface area contributed by atoms with Crippen LogP contribution in [0.25, 0.3) is 10.9 Å². The first kappa shape index (κ1) is 16.4. The van der Waals surface area contributed by atoms with Crippen molar-refractivity contribution >= 4 is 22.5 Å². The third-order valence-electron chi connectivity index (χ3n) is 6.07. The Hall–Kier alpha value is -1.03. The van der Waals surface area contributed by atoms with Crippen molar-refractivity contribution < 1.29 is 0 Å². The minimum Gasteiger partial charge on any atom is -0.343 e. The number of benzene rings is 1. The lowest BCUT2D eigenvalue weighted by atomic mass is 10.0. The largest absolute Gasteiger partial charge is 0.343 e. The third-order valence-corrected chi connectivity index (χ3v) is 6.31. The summed E-state index contributed by atoms with van der Waals surface area (Å²) in [5.74, 6) is 0. The second kappa shape index (κ2) is 6.05. The summed E-state index contributed by atoms with van der Waals surface area (Å²) in [4.78, 5) is 5.08. The van der Waals surface area contributed by atoms with Gasteiger partial charge in [0.25, 0.3) is 0 Å². The van der Waals surface area contributed by atoms with Gasteiger partial charge in [-0.15, -0.1) is 0 Å². The quantitative estimate of drug-likeness (QED) is 0.827. The summed E-state index contributed by atoms with van der Waals surface area (Å²) in [6, 6.07) is 6.41. The van der Waals surface area contributed by atoms with Gasteiger partial charge in [0, 0.05) is 59.8 Å². The zero-order valence-corrected chi connectivity index (χ0v) is 15.9. The summed E-state index contributed by atoms with van der Waals surface area (Å²) in [5, 5.41) is 2.20. The maximum Gasteiger partial charge on any atom is 0.0487 e. The summed E-state index contributed by atoms with van der Waals surface area (Å²) in [6.45, 7) is 10.4. The van der Waals surface area contributed by atoms with E-state index in [9.17, 15) is 0 Å². The monoisotopic (exact) mass is 345 g/mol. The van der Waals surface area contributed by atoms with Crippen LogP contribution in [-0.2, 0) is 19.5 Å². The second-order valence-electron chi connectivity index (χ2n) is 8.13. The van der Waals surface area contributed by atoms with Gasteiger partial charge in [-0.1, -0.05) is 11.6 Å². The van der Waals surface area contributed by atoms with Crippen LogP contribution in [0.3, 0.4) is 0 Å². The van der Waals surface area contributed by atoms with Crippen LogP contribution in [0.15, 0.2) is 18.2 Å². The molecule has 130 valence electrons. The first-order chi connectivity index (χ1) is 11.5. The molecule has 3 heterocycles. The van der Waals surface area contributed by atoms with E-state index in [2.05, 4.69) is 47.4 Å². The standard InChI is InChI=1S/C20H28ClN3/c1-20(2)8-4-9-23(20)11-12-24-18-6-5-15(21)13-16(18)17-14-22(3)10-7-19(17)24/h5-6,13H,4,7-12,14H2,1-3H3.